The zero-order valence-corrected chi connectivity index (χ0v) is 8.92. The minimum Gasteiger partial charge on any atom is -0.508 e. The van der Waals surface area contributed by atoms with E-state index >= 15 is 0 Å². The molecule has 14 heavy (non-hydrogen) atoms. The standard InChI is InChI=1S/C10H15NO2.ClH/c1-11-6-5-10(13)8-3-2-4-9(12)7-8;/h2-4,7,10-13H,5-6H2,1H3;1H/t10-;/m0./s1. The summed E-state index contributed by atoms with van der Waals surface area (Å²) in [6.45, 7) is 0.761. The van der Waals surface area contributed by atoms with Crippen molar-refractivity contribution in [2.75, 3.05) is 13.6 Å². The summed E-state index contributed by atoms with van der Waals surface area (Å²) in [6.07, 6.45) is 0.152. The minimum absolute atomic E-state index is 0. The maximum absolute atomic E-state index is 9.62. The Balaban J connectivity index is 0.00000169. The second-order valence-corrected chi connectivity index (χ2v) is 3.00. The van der Waals surface area contributed by atoms with Gasteiger partial charge in [-0.3, -0.25) is 0 Å². The molecule has 3 N–H and O–H groups in total. The lowest BCUT2D eigenvalue weighted by Gasteiger charge is -2.10. The summed E-state index contributed by atoms with van der Waals surface area (Å²) in [7, 11) is 1.84. The SMILES string of the molecule is CNCC[C@H](O)c1cccc(O)c1.Cl. The van der Waals surface area contributed by atoms with Crippen LogP contribution in [0.5, 0.6) is 5.75 Å². The van der Waals surface area contributed by atoms with Gasteiger partial charge in [-0.1, -0.05) is 12.1 Å². The Morgan fingerprint density at radius 2 is 2.14 bits per heavy atom. The Hall–Kier alpha value is -0.770. The third-order valence-corrected chi connectivity index (χ3v) is 1.92. The van der Waals surface area contributed by atoms with Gasteiger partial charge in [-0.05, 0) is 37.7 Å². The lowest BCUT2D eigenvalue weighted by Crippen LogP contribution is -2.11. The third kappa shape index (κ3) is 3.96. The Kier molecular flexibility index (Phi) is 6.28. The molecule has 1 aromatic rings. The molecular weight excluding hydrogens is 202 g/mol. The van der Waals surface area contributed by atoms with Crippen LogP contribution >= 0.6 is 12.4 Å². The first kappa shape index (κ1) is 13.2. The van der Waals surface area contributed by atoms with Crippen LogP contribution in [-0.2, 0) is 0 Å². The summed E-state index contributed by atoms with van der Waals surface area (Å²) in [5, 5.41) is 21.7. The Bertz CT molecular complexity index is 268. The Morgan fingerprint density at radius 3 is 2.71 bits per heavy atom. The molecule has 0 saturated carbocycles. The van der Waals surface area contributed by atoms with Crippen molar-refractivity contribution in [2.45, 2.75) is 12.5 Å². The zero-order chi connectivity index (χ0) is 9.68. The highest BCUT2D eigenvalue weighted by atomic mass is 35.5. The Labute approximate surface area is 90.2 Å². The van der Waals surface area contributed by atoms with Crippen LogP contribution in [0.1, 0.15) is 18.1 Å². The van der Waals surface area contributed by atoms with Crippen molar-refractivity contribution in [1.82, 2.24) is 5.32 Å². The summed E-state index contributed by atoms with van der Waals surface area (Å²) < 4.78 is 0. The first-order chi connectivity index (χ1) is 6.24. The fourth-order valence-electron chi connectivity index (χ4n) is 1.18. The normalized spacial score (nSPS) is 11.9. The van der Waals surface area contributed by atoms with Crippen molar-refractivity contribution >= 4 is 12.4 Å². The second kappa shape index (κ2) is 6.65. The molecule has 0 bridgehead atoms. The van der Waals surface area contributed by atoms with Gasteiger partial charge in [0.05, 0.1) is 6.10 Å². The number of hydrogen-bond donors (Lipinski definition) is 3. The molecule has 0 heterocycles. The lowest BCUT2D eigenvalue weighted by molar-refractivity contribution is 0.167. The highest BCUT2D eigenvalue weighted by molar-refractivity contribution is 5.85. The molecule has 0 aromatic heterocycles. The van der Waals surface area contributed by atoms with E-state index in [9.17, 15) is 5.11 Å². The number of aromatic hydroxyl groups is 1. The first-order valence-electron chi connectivity index (χ1n) is 4.35. The van der Waals surface area contributed by atoms with Crippen molar-refractivity contribution in [3.63, 3.8) is 0 Å². The van der Waals surface area contributed by atoms with Gasteiger partial charge in [0.1, 0.15) is 5.75 Å². The van der Waals surface area contributed by atoms with Crippen LogP contribution in [0.3, 0.4) is 0 Å². The van der Waals surface area contributed by atoms with Crippen LogP contribution in [0.15, 0.2) is 24.3 Å². The molecule has 1 aromatic carbocycles. The van der Waals surface area contributed by atoms with Crippen molar-refractivity contribution in [1.29, 1.82) is 0 Å². The van der Waals surface area contributed by atoms with Crippen molar-refractivity contribution in [3.8, 4) is 5.75 Å². The zero-order valence-electron chi connectivity index (χ0n) is 8.10. The van der Waals surface area contributed by atoms with E-state index in [1.807, 2.05) is 7.05 Å². The molecule has 0 aliphatic heterocycles. The molecule has 0 fully saturated rings. The van der Waals surface area contributed by atoms with E-state index in [-0.39, 0.29) is 18.2 Å². The highest BCUT2D eigenvalue weighted by Crippen LogP contribution is 2.19. The monoisotopic (exact) mass is 217 g/mol. The number of phenolic OH excluding ortho intramolecular Hbond substituents is 1. The van der Waals surface area contributed by atoms with E-state index in [1.54, 1.807) is 24.3 Å². The molecule has 80 valence electrons. The van der Waals surface area contributed by atoms with Gasteiger partial charge in [-0.25, -0.2) is 0 Å². The smallest absolute Gasteiger partial charge is 0.115 e. The minimum atomic E-state index is -0.500. The number of phenols is 1. The van der Waals surface area contributed by atoms with Gasteiger partial charge in [0.2, 0.25) is 0 Å². The van der Waals surface area contributed by atoms with Gasteiger partial charge in [-0.2, -0.15) is 0 Å². The maximum atomic E-state index is 9.62. The van der Waals surface area contributed by atoms with E-state index in [4.69, 9.17) is 5.11 Å². The fraction of sp³-hybridized carbons (Fsp3) is 0.400. The first-order valence-corrected chi connectivity index (χ1v) is 4.35. The van der Waals surface area contributed by atoms with Gasteiger partial charge in [0.25, 0.3) is 0 Å². The van der Waals surface area contributed by atoms with E-state index in [2.05, 4.69) is 5.32 Å². The van der Waals surface area contributed by atoms with E-state index in [0.29, 0.717) is 6.42 Å². The average molecular weight is 218 g/mol. The van der Waals surface area contributed by atoms with Crippen molar-refractivity contribution < 1.29 is 10.2 Å². The van der Waals surface area contributed by atoms with Gasteiger partial charge >= 0.3 is 0 Å². The molecule has 0 unspecified atom stereocenters. The largest absolute Gasteiger partial charge is 0.508 e. The molecule has 4 heteroatoms. The van der Waals surface area contributed by atoms with Gasteiger partial charge in [0, 0.05) is 0 Å². The maximum Gasteiger partial charge on any atom is 0.115 e. The van der Waals surface area contributed by atoms with Crippen LogP contribution in [-0.4, -0.2) is 23.8 Å². The molecule has 0 spiro atoms. The van der Waals surface area contributed by atoms with Gasteiger partial charge < -0.3 is 15.5 Å². The number of rotatable bonds is 4. The third-order valence-electron chi connectivity index (χ3n) is 1.92. The molecular formula is C10H16ClNO2. The number of benzene rings is 1. The van der Waals surface area contributed by atoms with Gasteiger partial charge in [-0.15, -0.1) is 12.4 Å². The Morgan fingerprint density at radius 1 is 1.43 bits per heavy atom. The molecule has 1 rings (SSSR count). The molecule has 3 nitrogen and oxygen atoms in total. The van der Waals surface area contributed by atoms with Crippen LogP contribution < -0.4 is 5.32 Å². The predicted molar refractivity (Wildman–Crippen MR) is 58.9 cm³/mol. The number of hydrogen-bond acceptors (Lipinski definition) is 3. The highest BCUT2D eigenvalue weighted by Gasteiger charge is 2.06. The second-order valence-electron chi connectivity index (χ2n) is 3.00. The van der Waals surface area contributed by atoms with Crippen LogP contribution in [0.4, 0.5) is 0 Å². The molecule has 0 aliphatic rings. The molecule has 0 amide bonds. The number of nitrogens with one attached hydrogen (secondary N) is 1. The summed E-state index contributed by atoms with van der Waals surface area (Å²) in [5.74, 6) is 0.195. The molecule has 0 saturated heterocycles. The number of aliphatic hydroxyl groups is 1. The van der Waals surface area contributed by atoms with Gasteiger partial charge in [0.15, 0.2) is 0 Å². The van der Waals surface area contributed by atoms with Crippen LogP contribution in [0.2, 0.25) is 0 Å². The summed E-state index contributed by atoms with van der Waals surface area (Å²) in [4.78, 5) is 0. The fourth-order valence-corrected chi connectivity index (χ4v) is 1.18. The number of halogens is 1. The summed E-state index contributed by atoms with van der Waals surface area (Å²) in [6, 6.07) is 6.71. The topological polar surface area (TPSA) is 52.5 Å². The number of aliphatic hydroxyl groups excluding tert-OH is 1. The van der Waals surface area contributed by atoms with Crippen molar-refractivity contribution in [3.05, 3.63) is 29.8 Å². The van der Waals surface area contributed by atoms with E-state index in [0.717, 1.165) is 12.1 Å². The lowest BCUT2D eigenvalue weighted by atomic mass is 10.1. The van der Waals surface area contributed by atoms with E-state index < -0.39 is 6.10 Å². The molecule has 0 radical (unpaired) electrons. The average Bonchev–Trinajstić information content (AvgIpc) is 2.14. The van der Waals surface area contributed by atoms with Crippen molar-refractivity contribution in [2.24, 2.45) is 0 Å². The molecule has 1 atom stereocenters. The molecule has 0 aliphatic carbocycles. The van der Waals surface area contributed by atoms with Crippen LogP contribution in [0.25, 0.3) is 0 Å². The quantitative estimate of drug-likeness (QED) is 0.716. The summed E-state index contributed by atoms with van der Waals surface area (Å²) >= 11 is 0. The summed E-state index contributed by atoms with van der Waals surface area (Å²) in [5.41, 5.74) is 0.759. The van der Waals surface area contributed by atoms with Crippen LogP contribution in [0, 0.1) is 0 Å². The van der Waals surface area contributed by atoms with E-state index in [1.165, 1.54) is 0 Å². The predicted octanol–water partition coefficient (Wildman–Crippen LogP) is 1.46.